The number of carbonyl (C=O) groups excluding carboxylic acids is 1. The minimum absolute atomic E-state index is 0.0430. The van der Waals surface area contributed by atoms with Crippen molar-refractivity contribution in [1.82, 2.24) is 10.6 Å². The van der Waals surface area contributed by atoms with Crippen LogP contribution in [0.2, 0.25) is 0 Å². The third-order valence-corrected chi connectivity index (χ3v) is 5.22. The fourth-order valence-electron chi connectivity index (χ4n) is 2.61. The van der Waals surface area contributed by atoms with Crippen molar-refractivity contribution in [2.45, 2.75) is 18.2 Å². The predicted octanol–water partition coefficient (Wildman–Crippen LogP) is 1.81. The molecule has 1 amide bonds. The molecule has 0 spiro atoms. The Bertz CT molecular complexity index is 1040. The normalized spacial score (nSPS) is 11.4. The minimum Gasteiger partial charge on any atom is -0.357 e. The number of aliphatic imine (C=N–C) groups is 1. The summed E-state index contributed by atoms with van der Waals surface area (Å²) in [5, 5.41) is 9.02. The molecule has 0 fully saturated rings. The molecule has 0 aliphatic carbocycles. The number of benzene rings is 2. The van der Waals surface area contributed by atoms with E-state index in [0.29, 0.717) is 41.6 Å². The number of amides is 1. The van der Waals surface area contributed by atoms with Crippen molar-refractivity contribution >= 4 is 27.4 Å². The highest BCUT2D eigenvalue weighted by atomic mass is 32.2. The highest BCUT2D eigenvalue weighted by molar-refractivity contribution is 7.90. The number of guanidine groups is 1. The summed E-state index contributed by atoms with van der Waals surface area (Å²) in [6.45, 7) is 3.13. The van der Waals surface area contributed by atoms with Gasteiger partial charge in [-0.05, 0) is 49.2 Å². The summed E-state index contributed by atoms with van der Waals surface area (Å²) in [6.07, 6.45) is 7.23. The lowest BCUT2D eigenvalue weighted by Gasteiger charge is -2.11. The topological polar surface area (TPSA) is 99.7 Å². The third kappa shape index (κ3) is 7.60. The summed E-state index contributed by atoms with van der Waals surface area (Å²) in [6, 6.07) is 13.8. The van der Waals surface area contributed by atoms with E-state index in [1.54, 1.807) is 48.5 Å². The van der Waals surface area contributed by atoms with Gasteiger partial charge in [0, 0.05) is 30.6 Å². The molecule has 2 aromatic rings. The quantitative estimate of drug-likeness (QED) is 0.340. The van der Waals surface area contributed by atoms with Gasteiger partial charge in [0.15, 0.2) is 15.8 Å². The molecule has 0 unspecified atom stereocenters. The van der Waals surface area contributed by atoms with Crippen LogP contribution in [-0.4, -0.2) is 46.2 Å². The van der Waals surface area contributed by atoms with Gasteiger partial charge in [0.2, 0.25) is 5.91 Å². The molecule has 0 bridgehead atoms. The van der Waals surface area contributed by atoms with Crippen LogP contribution in [0.5, 0.6) is 0 Å². The Morgan fingerprint density at radius 2 is 1.87 bits per heavy atom. The molecule has 7 nitrogen and oxygen atoms in total. The lowest BCUT2D eigenvalue weighted by atomic mass is 10.1. The van der Waals surface area contributed by atoms with Crippen molar-refractivity contribution < 1.29 is 13.2 Å². The summed E-state index contributed by atoms with van der Waals surface area (Å²) in [5.41, 5.74) is 2.31. The van der Waals surface area contributed by atoms with E-state index in [2.05, 4.69) is 26.9 Å². The number of nitrogens with zero attached hydrogens (tertiary/aromatic N) is 1. The molecule has 30 heavy (non-hydrogen) atoms. The Kier molecular flexibility index (Phi) is 8.44. The van der Waals surface area contributed by atoms with Crippen molar-refractivity contribution in [3.05, 3.63) is 59.7 Å². The van der Waals surface area contributed by atoms with Crippen LogP contribution in [0.15, 0.2) is 58.4 Å². The van der Waals surface area contributed by atoms with Gasteiger partial charge in [-0.1, -0.05) is 24.1 Å². The number of carbonyl (C=O) groups is 1. The second kappa shape index (κ2) is 11.0. The molecule has 8 heteroatoms. The van der Waals surface area contributed by atoms with Gasteiger partial charge in [-0.15, -0.1) is 6.42 Å². The molecule has 0 aromatic heterocycles. The van der Waals surface area contributed by atoms with E-state index in [-0.39, 0.29) is 12.5 Å². The van der Waals surface area contributed by atoms with E-state index in [9.17, 15) is 13.2 Å². The van der Waals surface area contributed by atoms with E-state index >= 15 is 0 Å². The maximum Gasteiger partial charge on any atom is 0.246 e. The fraction of sp³-hybridized carbons (Fsp3) is 0.273. The zero-order valence-electron chi connectivity index (χ0n) is 17.1. The first-order valence-corrected chi connectivity index (χ1v) is 11.4. The first-order valence-electron chi connectivity index (χ1n) is 9.49. The molecule has 0 aliphatic heterocycles. The van der Waals surface area contributed by atoms with Crippen LogP contribution in [0.3, 0.4) is 0 Å². The van der Waals surface area contributed by atoms with Crippen molar-refractivity contribution in [2.24, 2.45) is 4.99 Å². The van der Waals surface area contributed by atoms with Gasteiger partial charge in [-0.2, -0.15) is 0 Å². The Labute approximate surface area is 177 Å². The zero-order chi connectivity index (χ0) is 22.0. The van der Waals surface area contributed by atoms with Gasteiger partial charge in [0.05, 0.1) is 4.90 Å². The summed E-state index contributed by atoms with van der Waals surface area (Å²) in [5.74, 6) is 2.80. The zero-order valence-corrected chi connectivity index (χ0v) is 17.9. The van der Waals surface area contributed by atoms with Crippen LogP contribution in [-0.2, 0) is 21.1 Å². The second-order valence-electron chi connectivity index (χ2n) is 6.56. The third-order valence-electron chi connectivity index (χ3n) is 4.10. The average Bonchev–Trinajstić information content (AvgIpc) is 2.72. The van der Waals surface area contributed by atoms with Crippen LogP contribution in [0.1, 0.15) is 18.1 Å². The molecule has 0 atom stereocenters. The number of anilines is 1. The Balaban J connectivity index is 1.87. The highest BCUT2D eigenvalue weighted by Gasteiger charge is 2.07. The maximum atomic E-state index is 12.2. The summed E-state index contributed by atoms with van der Waals surface area (Å²) >= 11 is 0. The van der Waals surface area contributed by atoms with Gasteiger partial charge in [-0.25, -0.2) is 13.4 Å². The van der Waals surface area contributed by atoms with Crippen LogP contribution in [0.25, 0.3) is 0 Å². The van der Waals surface area contributed by atoms with Crippen molar-refractivity contribution in [3.8, 4) is 12.3 Å². The summed E-state index contributed by atoms with van der Waals surface area (Å²) < 4.78 is 23.0. The first-order chi connectivity index (χ1) is 14.3. The Hall–Kier alpha value is -3.31. The van der Waals surface area contributed by atoms with Crippen LogP contribution in [0, 0.1) is 12.3 Å². The number of nitrogens with one attached hydrogen (secondary N) is 3. The molecule has 158 valence electrons. The Morgan fingerprint density at radius 1 is 1.13 bits per heavy atom. The number of terminal acetylenes is 1. The minimum atomic E-state index is -3.20. The standard InChI is InChI=1S/C22H26N4O3S/c1-4-17-7-6-8-19(15-17)26-21(27)16-25-22(23-5-2)24-14-13-18-9-11-20(12-10-18)30(3,28)29/h1,6-12,15H,5,13-14,16H2,2-3H3,(H,26,27)(H2,23,24,25). The Morgan fingerprint density at radius 3 is 2.50 bits per heavy atom. The van der Waals surface area contributed by atoms with Gasteiger partial charge >= 0.3 is 0 Å². The molecule has 0 aliphatic rings. The highest BCUT2D eigenvalue weighted by Crippen LogP contribution is 2.11. The molecule has 0 saturated carbocycles. The smallest absolute Gasteiger partial charge is 0.246 e. The molecular weight excluding hydrogens is 400 g/mol. The van der Waals surface area contributed by atoms with Crippen LogP contribution in [0.4, 0.5) is 5.69 Å². The average molecular weight is 427 g/mol. The first kappa shape index (κ1) is 23.0. The van der Waals surface area contributed by atoms with E-state index in [1.165, 1.54) is 6.26 Å². The van der Waals surface area contributed by atoms with Gasteiger partial charge in [0.1, 0.15) is 6.54 Å². The lowest BCUT2D eigenvalue weighted by Crippen LogP contribution is -2.39. The largest absolute Gasteiger partial charge is 0.357 e. The van der Waals surface area contributed by atoms with E-state index < -0.39 is 9.84 Å². The van der Waals surface area contributed by atoms with E-state index in [1.807, 2.05) is 6.92 Å². The molecule has 0 saturated heterocycles. The monoisotopic (exact) mass is 426 g/mol. The molecule has 3 N–H and O–H groups in total. The number of sulfone groups is 1. The van der Waals surface area contributed by atoms with Crippen molar-refractivity contribution in [1.29, 1.82) is 0 Å². The second-order valence-corrected chi connectivity index (χ2v) is 8.58. The maximum absolute atomic E-state index is 12.2. The molecule has 2 rings (SSSR count). The molecule has 2 aromatic carbocycles. The molecular formula is C22H26N4O3S. The van der Waals surface area contributed by atoms with E-state index in [4.69, 9.17) is 6.42 Å². The van der Waals surface area contributed by atoms with Crippen LogP contribution >= 0.6 is 0 Å². The summed E-state index contributed by atoms with van der Waals surface area (Å²) in [7, 11) is -3.20. The summed E-state index contributed by atoms with van der Waals surface area (Å²) in [4.78, 5) is 16.7. The SMILES string of the molecule is C#Cc1cccc(NC(=O)CN=C(NCC)NCCc2ccc(S(C)(=O)=O)cc2)c1. The van der Waals surface area contributed by atoms with Gasteiger partial charge in [0.25, 0.3) is 0 Å². The number of rotatable bonds is 8. The van der Waals surface area contributed by atoms with Gasteiger partial charge < -0.3 is 16.0 Å². The lowest BCUT2D eigenvalue weighted by molar-refractivity contribution is -0.114. The van der Waals surface area contributed by atoms with Crippen molar-refractivity contribution in [3.63, 3.8) is 0 Å². The predicted molar refractivity (Wildman–Crippen MR) is 120 cm³/mol. The van der Waals surface area contributed by atoms with Gasteiger partial charge in [-0.3, -0.25) is 4.79 Å². The van der Waals surface area contributed by atoms with Crippen LogP contribution < -0.4 is 16.0 Å². The number of hydrogen-bond acceptors (Lipinski definition) is 4. The molecule has 0 heterocycles. The van der Waals surface area contributed by atoms with E-state index in [0.717, 1.165) is 5.56 Å². The molecule has 0 radical (unpaired) electrons. The fourth-order valence-corrected chi connectivity index (χ4v) is 3.24. The number of hydrogen-bond donors (Lipinski definition) is 3. The van der Waals surface area contributed by atoms with Crippen molar-refractivity contribution in [2.75, 3.05) is 31.2 Å².